The van der Waals surface area contributed by atoms with E-state index in [0.717, 1.165) is 37.2 Å². The first kappa shape index (κ1) is 14.4. The minimum absolute atomic E-state index is 0.0593. The molecule has 1 saturated heterocycles. The fourth-order valence-corrected chi connectivity index (χ4v) is 3.11. The molecule has 3 rings (SSSR count). The van der Waals surface area contributed by atoms with Gasteiger partial charge in [-0.25, -0.2) is 0 Å². The normalized spacial score (nSPS) is 21.5. The molecule has 4 nitrogen and oxygen atoms in total. The molecule has 1 aromatic carbocycles. The Morgan fingerprint density at radius 2 is 2.33 bits per heavy atom. The highest BCUT2D eigenvalue weighted by molar-refractivity contribution is 5.85. The molecule has 2 atom stereocenters. The molecule has 0 radical (unpaired) electrons. The van der Waals surface area contributed by atoms with Gasteiger partial charge in [0, 0.05) is 30.9 Å². The van der Waals surface area contributed by atoms with Crippen LogP contribution in [0.1, 0.15) is 24.9 Å². The lowest BCUT2D eigenvalue weighted by atomic mass is 9.96. The second kappa shape index (κ2) is 6.52. The Balaban J connectivity index is 1.84. The highest BCUT2D eigenvalue weighted by Crippen LogP contribution is 2.27. The first-order chi connectivity index (χ1) is 10.3. The molecule has 0 saturated carbocycles. The monoisotopic (exact) mass is 285 g/mol. The van der Waals surface area contributed by atoms with Crippen LogP contribution in [-0.2, 0) is 4.74 Å². The van der Waals surface area contributed by atoms with Crippen molar-refractivity contribution in [2.45, 2.75) is 25.5 Å². The molecule has 1 aromatic heterocycles. The van der Waals surface area contributed by atoms with Gasteiger partial charge in [-0.1, -0.05) is 25.1 Å². The number of aromatic nitrogens is 1. The van der Waals surface area contributed by atoms with E-state index in [4.69, 9.17) is 10.5 Å². The molecule has 0 spiro atoms. The third-order valence-electron chi connectivity index (χ3n) is 4.19. The van der Waals surface area contributed by atoms with Crippen LogP contribution in [0.3, 0.4) is 0 Å². The van der Waals surface area contributed by atoms with E-state index >= 15 is 0 Å². The molecule has 2 aromatic rings. The van der Waals surface area contributed by atoms with Crippen LogP contribution in [0.2, 0.25) is 0 Å². The smallest absolute Gasteiger partial charge is 0.0895 e. The van der Waals surface area contributed by atoms with Gasteiger partial charge in [-0.2, -0.15) is 0 Å². The predicted octanol–water partition coefficient (Wildman–Crippen LogP) is 2.35. The lowest BCUT2D eigenvalue weighted by Crippen LogP contribution is -2.47. The number of hydrogen-bond acceptors (Lipinski definition) is 4. The minimum Gasteiger partial charge on any atom is -0.374 e. The third-order valence-corrected chi connectivity index (χ3v) is 4.19. The van der Waals surface area contributed by atoms with Crippen molar-refractivity contribution < 1.29 is 4.74 Å². The van der Waals surface area contributed by atoms with Crippen LogP contribution < -0.4 is 5.73 Å². The maximum atomic E-state index is 6.52. The van der Waals surface area contributed by atoms with Crippen molar-refractivity contribution in [2.75, 3.05) is 26.2 Å². The van der Waals surface area contributed by atoms with Crippen molar-refractivity contribution >= 4 is 10.8 Å². The Morgan fingerprint density at radius 3 is 3.19 bits per heavy atom. The van der Waals surface area contributed by atoms with E-state index in [1.807, 2.05) is 24.5 Å². The third kappa shape index (κ3) is 3.07. The number of fused-ring (bicyclic) bond motifs is 1. The Kier molecular flexibility index (Phi) is 4.48. The summed E-state index contributed by atoms with van der Waals surface area (Å²) in [6.07, 6.45) is 4.94. The van der Waals surface area contributed by atoms with E-state index < -0.39 is 0 Å². The first-order valence-corrected chi connectivity index (χ1v) is 7.71. The number of pyridine rings is 1. The standard InChI is InChI=1S/C17H23N3O/c1-2-8-20-9-10-21-16(12-20)17(18)15-5-3-4-13-11-19-7-6-14(13)15/h3-7,11,16-17H,2,8-10,12,18H2,1H3. The SMILES string of the molecule is CCCN1CCOC(C(N)c2cccc3cnccc23)C1. The molecule has 21 heavy (non-hydrogen) atoms. The molecule has 2 heterocycles. The van der Waals surface area contributed by atoms with E-state index in [-0.39, 0.29) is 12.1 Å². The molecule has 2 unspecified atom stereocenters. The molecule has 2 N–H and O–H groups in total. The Labute approximate surface area is 125 Å². The summed E-state index contributed by atoms with van der Waals surface area (Å²) in [7, 11) is 0. The summed E-state index contributed by atoms with van der Waals surface area (Å²) in [5.74, 6) is 0. The number of morpholine rings is 1. The van der Waals surface area contributed by atoms with Crippen molar-refractivity contribution in [3.63, 3.8) is 0 Å². The molecule has 1 aliphatic rings. The Hall–Kier alpha value is -1.49. The van der Waals surface area contributed by atoms with E-state index in [0.29, 0.717) is 0 Å². The zero-order valence-electron chi connectivity index (χ0n) is 12.5. The second-order valence-electron chi connectivity index (χ2n) is 5.68. The summed E-state index contributed by atoms with van der Waals surface area (Å²) in [5, 5.41) is 2.31. The van der Waals surface area contributed by atoms with E-state index in [2.05, 4.69) is 28.9 Å². The van der Waals surface area contributed by atoms with Gasteiger partial charge in [0.2, 0.25) is 0 Å². The maximum absolute atomic E-state index is 6.52. The number of ether oxygens (including phenoxy) is 1. The van der Waals surface area contributed by atoms with Gasteiger partial charge in [0.15, 0.2) is 0 Å². The summed E-state index contributed by atoms with van der Waals surface area (Å²) < 4.78 is 5.94. The minimum atomic E-state index is -0.101. The van der Waals surface area contributed by atoms with Gasteiger partial charge < -0.3 is 10.5 Å². The lowest BCUT2D eigenvalue weighted by Gasteiger charge is -2.36. The number of nitrogens with two attached hydrogens (primary N) is 1. The van der Waals surface area contributed by atoms with Crippen LogP contribution in [0, 0.1) is 0 Å². The molecular formula is C17H23N3O. The number of rotatable bonds is 4. The maximum Gasteiger partial charge on any atom is 0.0895 e. The predicted molar refractivity (Wildman–Crippen MR) is 85.1 cm³/mol. The second-order valence-corrected chi connectivity index (χ2v) is 5.68. The van der Waals surface area contributed by atoms with E-state index in [1.165, 1.54) is 11.8 Å². The van der Waals surface area contributed by atoms with Gasteiger partial charge in [0.1, 0.15) is 0 Å². The molecule has 112 valence electrons. The number of nitrogens with zero attached hydrogens (tertiary/aromatic N) is 2. The number of benzene rings is 1. The van der Waals surface area contributed by atoms with Crippen LogP contribution in [-0.4, -0.2) is 42.2 Å². The molecule has 1 fully saturated rings. The highest BCUT2D eigenvalue weighted by Gasteiger charge is 2.27. The van der Waals surface area contributed by atoms with Crippen LogP contribution in [0.5, 0.6) is 0 Å². The van der Waals surface area contributed by atoms with Gasteiger partial charge in [-0.05, 0) is 30.0 Å². The molecular weight excluding hydrogens is 262 g/mol. The summed E-state index contributed by atoms with van der Waals surface area (Å²) in [6, 6.07) is 8.16. The van der Waals surface area contributed by atoms with Crippen LogP contribution >= 0.6 is 0 Å². The van der Waals surface area contributed by atoms with E-state index in [1.54, 1.807) is 0 Å². The average Bonchev–Trinajstić information content (AvgIpc) is 2.54. The van der Waals surface area contributed by atoms with Crippen LogP contribution in [0.15, 0.2) is 36.7 Å². The molecule has 0 aliphatic carbocycles. The van der Waals surface area contributed by atoms with Gasteiger partial charge >= 0.3 is 0 Å². The summed E-state index contributed by atoms with van der Waals surface area (Å²) in [4.78, 5) is 6.63. The van der Waals surface area contributed by atoms with Crippen LogP contribution in [0.4, 0.5) is 0 Å². The quantitative estimate of drug-likeness (QED) is 0.937. The van der Waals surface area contributed by atoms with E-state index in [9.17, 15) is 0 Å². The van der Waals surface area contributed by atoms with Gasteiger partial charge in [0.05, 0.1) is 18.8 Å². The lowest BCUT2D eigenvalue weighted by molar-refractivity contribution is -0.0405. The zero-order valence-corrected chi connectivity index (χ0v) is 12.5. The average molecular weight is 285 g/mol. The summed E-state index contributed by atoms with van der Waals surface area (Å²) in [5.41, 5.74) is 7.67. The van der Waals surface area contributed by atoms with Crippen LogP contribution in [0.25, 0.3) is 10.8 Å². The van der Waals surface area contributed by atoms with Gasteiger partial charge in [-0.15, -0.1) is 0 Å². The fourth-order valence-electron chi connectivity index (χ4n) is 3.11. The molecule has 0 amide bonds. The molecule has 4 heteroatoms. The summed E-state index contributed by atoms with van der Waals surface area (Å²) in [6.45, 7) is 6.02. The topological polar surface area (TPSA) is 51.4 Å². The van der Waals surface area contributed by atoms with Crippen molar-refractivity contribution in [1.82, 2.24) is 9.88 Å². The van der Waals surface area contributed by atoms with Crippen molar-refractivity contribution in [1.29, 1.82) is 0 Å². The molecule has 1 aliphatic heterocycles. The van der Waals surface area contributed by atoms with Crippen molar-refractivity contribution in [2.24, 2.45) is 5.73 Å². The summed E-state index contributed by atoms with van der Waals surface area (Å²) >= 11 is 0. The number of hydrogen-bond donors (Lipinski definition) is 1. The Bertz CT molecular complexity index is 594. The Morgan fingerprint density at radius 1 is 1.43 bits per heavy atom. The largest absolute Gasteiger partial charge is 0.374 e. The van der Waals surface area contributed by atoms with Gasteiger partial charge in [-0.3, -0.25) is 9.88 Å². The highest BCUT2D eigenvalue weighted by atomic mass is 16.5. The first-order valence-electron chi connectivity index (χ1n) is 7.71. The van der Waals surface area contributed by atoms with Crippen molar-refractivity contribution in [3.8, 4) is 0 Å². The van der Waals surface area contributed by atoms with Gasteiger partial charge in [0.25, 0.3) is 0 Å². The fraction of sp³-hybridized carbons (Fsp3) is 0.471. The van der Waals surface area contributed by atoms with Crippen molar-refractivity contribution in [3.05, 3.63) is 42.2 Å². The molecule has 0 bridgehead atoms. The zero-order chi connectivity index (χ0) is 14.7.